The van der Waals surface area contributed by atoms with E-state index in [1.54, 1.807) is 0 Å². The molecule has 1 N–H and O–H groups in total. The van der Waals surface area contributed by atoms with Gasteiger partial charge in [-0.3, -0.25) is 0 Å². The molecule has 0 saturated carbocycles. The minimum Gasteiger partial charge on any atom is -0.358 e. The first-order valence-electron chi connectivity index (χ1n) is 5.78. The van der Waals surface area contributed by atoms with Crippen LogP contribution in [0.1, 0.15) is 30.8 Å². The van der Waals surface area contributed by atoms with Gasteiger partial charge >= 0.3 is 0 Å². The van der Waals surface area contributed by atoms with Gasteiger partial charge in [-0.05, 0) is 26.3 Å². The Balaban J connectivity index is 2.06. The molecule has 90 valence electrons. The molecule has 0 atom stereocenters. The summed E-state index contributed by atoms with van der Waals surface area (Å²) in [5, 5.41) is 4.17. The molecule has 3 nitrogen and oxygen atoms in total. The van der Waals surface area contributed by atoms with E-state index in [2.05, 4.69) is 59.7 Å². The molecule has 0 fully saturated rings. The van der Waals surface area contributed by atoms with Crippen LogP contribution >= 0.6 is 11.5 Å². The van der Waals surface area contributed by atoms with Crippen molar-refractivity contribution in [3.05, 3.63) is 41.2 Å². The van der Waals surface area contributed by atoms with E-state index in [0.717, 1.165) is 17.4 Å². The van der Waals surface area contributed by atoms with Crippen LogP contribution in [0.15, 0.2) is 24.3 Å². The van der Waals surface area contributed by atoms with E-state index in [0.29, 0.717) is 6.04 Å². The van der Waals surface area contributed by atoms with Gasteiger partial charge in [0.2, 0.25) is 5.13 Å². The Morgan fingerprint density at radius 2 is 2.18 bits per heavy atom. The van der Waals surface area contributed by atoms with Crippen molar-refractivity contribution in [1.29, 1.82) is 0 Å². The summed E-state index contributed by atoms with van der Waals surface area (Å²) in [7, 11) is 0. The number of aromatic nitrogens is 2. The molecule has 0 bridgehead atoms. The topological polar surface area (TPSA) is 37.8 Å². The Kier molecular flexibility index (Phi) is 3.74. The van der Waals surface area contributed by atoms with Crippen molar-refractivity contribution in [3.63, 3.8) is 0 Å². The second-order valence-corrected chi connectivity index (χ2v) is 5.23. The molecular formula is C13H17N3S. The summed E-state index contributed by atoms with van der Waals surface area (Å²) in [5.41, 5.74) is 2.54. The normalized spacial score (nSPS) is 10.8. The molecule has 1 heterocycles. The first kappa shape index (κ1) is 12.0. The maximum absolute atomic E-state index is 4.47. The number of aryl methyl sites for hydroxylation is 1. The second-order valence-electron chi connectivity index (χ2n) is 4.48. The number of rotatable bonds is 4. The molecule has 0 spiro atoms. The highest BCUT2D eigenvalue weighted by Crippen LogP contribution is 2.15. The van der Waals surface area contributed by atoms with Gasteiger partial charge in [0.1, 0.15) is 5.82 Å². The average Bonchev–Trinajstić information content (AvgIpc) is 2.64. The van der Waals surface area contributed by atoms with Gasteiger partial charge in [0, 0.05) is 24.0 Å². The lowest BCUT2D eigenvalue weighted by atomic mass is 10.1. The highest BCUT2D eigenvalue weighted by Gasteiger charge is 2.05. The Labute approximate surface area is 106 Å². The van der Waals surface area contributed by atoms with E-state index in [1.807, 2.05) is 0 Å². The van der Waals surface area contributed by atoms with Crippen molar-refractivity contribution < 1.29 is 0 Å². The molecule has 0 unspecified atom stereocenters. The quantitative estimate of drug-likeness (QED) is 0.901. The van der Waals surface area contributed by atoms with Crippen LogP contribution in [0.4, 0.5) is 5.13 Å². The van der Waals surface area contributed by atoms with E-state index >= 15 is 0 Å². The molecule has 2 aromatic rings. The largest absolute Gasteiger partial charge is 0.358 e. The molecule has 4 heteroatoms. The van der Waals surface area contributed by atoms with E-state index in [1.165, 1.54) is 22.7 Å². The zero-order valence-corrected chi connectivity index (χ0v) is 11.2. The van der Waals surface area contributed by atoms with Gasteiger partial charge in [0.15, 0.2) is 0 Å². The molecular weight excluding hydrogens is 230 g/mol. The summed E-state index contributed by atoms with van der Waals surface area (Å²) >= 11 is 1.43. The van der Waals surface area contributed by atoms with Crippen LogP contribution in [0.5, 0.6) is 0 Å². The Hall–Kier alpha value is -1.42. The second kappa shape index (κ2) is 5.27. The number of hydrogen-bond donors (Lipinski definition) is 1. The fourth-order valence-electron chi connectivity index (χ4n) is 1.64. The van der Waals surface area contributed by atoms with Gasteiger partial charge in [-0.2, -0.15) is 4.37 Å². The fourth-order valence-corrected chi connectivity index (χ4v) is 2.37. The lowest BCUT2D eigenvalue weighted by Crippen LogP contribution is -2.09. The molecule has 0 amide bonds. The van der Waals surface area contributed by atoms with E-state index in [-0.39, 0.29) is 0 Å². The molecule has 0 aliphatic carbocycles. The van der Waals surface area contributed by atoms with Crippen LogP contribution in [0, 0.1) is 6.92 Å². The molecule has 0 saturated heterocycles. The van der Waals surface area contributed by atoms with Crippen molar-refractivity contribution in [2.24, 2.45) is 0 Å². The van der Waals surface area contributed by atoms with Gasteiger partial charge in [0.05, 0.1) is 0 Å². The average molecular weight is 247 g/mol. The lowest BCUT2D eigenvalue weighted by Gasteiger charge is -2.03. The van der Waals surface area contributed by atoms with Gasteiger partial charge in [-0.1, -0.05) is 29.8 Å². The molecule has 1 aromatic carbocycles. The van der Waals surface area contributed by atoms with Crippen LogP contribution in [0.25, 0.3) is 0 Å². The fraction of sp³-hybridized carbons (Fsp3) is 0.385. The van der Waals surface area contributed by atoms with Crippen LogP contribution in [0.3, 0.4) is 0 Å². The summed E-state index contributed by atoms with van der Waals surface area (Å²) in [6.07, 6.45) is 0.804. The van der Waals surface area contributed by atoms with Gasteiger partial charge in [-0.15, -0.1) is 0 Å². The zero-order valence-electron chi connectivity index (χ0n) is 10.4. The van der Waals surface area contributed by atoms with Crippen molar-refractivity contribution >= 4 is 16.7 Å². The van der Waals surface area contributed by atoms with E-state index < -0.39 is 0 Å². The molecule has 1 aromatic heterocycles. The monoisotopic (exact) mass is 247 g/mol. The van der Waals surface area contributed by atoms with Crippen LogP contribution in [0.2, 0.25) is 0 Å². The van der Waals surface area contributed by atoms with Crippen LogP contribution in [-0.2, 0) is 6.42 Å². The third-order valence-electron chi connectivity index (χ3n) is 2.32. The maximum atomic E-state index is 4.47. The van der Waals surface area contributed by atoms with Gasteiger partial charge in [-0.25, -0.2) is 4.98 Å². The standard InChI is InChI=1S/C13H17N3S/c1-9(2)14-13-15-12(16-17-13)8-11-6-4-5-10(3)7-11/h4-7,9H,8H2,1-3H3,(H,14,15,16). The number of anilines is 1. The summed E-state index contributed by atoms with van der Waals surface area (Å²) in [5.74, 6) is 0.892. The third-order valence-corrected chi connectivity index (χ3v) is 3.01. The summed E-state index contributed by atoms with van der Waals surface area (Å²) < 4.78 is 4.36. The smallest absolute Gasteiger partial charge is 0.202 e. The molecule has 0 radical (unpaired) electrons. The highest BCUT2D eigenvalue weighted by molar-refractivity contribution is 7.09. The molecule has 0 aliphatic heterocycles. The number of nitrogens with zero attached hydrogens (tertiary/aromatic N) is 2. The predicted molar refractivity (Wildman–Crippen MR) is 72.7 cm³/mol. The van der Waals surface area contributed by atoms with Crippen LogP contribution in [-0.4, -0.2) is 15.4 Å². The van der Waals surface area contributed by atoms with Crippen molar-refractivity contribution in [3.8, 4) is 0 Å². The summed E-state index contributed by atoms with van der Waals surface area (Å²) in [6.45, 7) is 6.30. The highest BCUT2D eigenvalue weighted by atomic mass is 32.1. The molecule has 0 aliphatic rings. The van der Waals surface area contributed by atoms with E-state index in [9.17, 15) is 0 Å². The van der Waals surface area contributed by atoms with Crippen molar-refractivity contribution in [2.75, 3.05) is 5.32 Å². The minimum absolute atomic E-state index is 0.398. The SMILES string of the molecule is Cc1cccc(Cc2nsc(NC(C)C)n2)c1. The Morgan fingerprint density at radius 3 is 2.88 bits per heavy atom. The van der Waals surface area contributed by atoms with Crippen molar-refractivity contribution in [2.45, 2.75) is 33.2 Å². The lowest BCUT2D eigenvalue weighted by molar-refractivity contribution is 0.892. The predicted octanol–water partition coefficient (Wildman–Crippen LogP) is 3.26. The summed E-state index contributed by atoms with van der Waals surface area (Å²) in [6, 6.07) is 8.86. The van der Waals surface area contributed by atoms with E-state index in [4.69, 9.17) is 0 Å². The number of benzene rings is 1. The zero-order chi connectivity index (χ0) is 12.3. The first-order valence-corrected chi connectivity index (χ1v) is 6.55. The van der Waals surface area contributed by atoms with Crippen LogP contribution < -0.4 is 5.32 Å². The molecule has 2 rings (SSSR count). The Bertz CT molecular complexity index is 491. The first-order chi connectivity index (χ1) is 8.13. The summed E-state index contributed by atoms with van der Waals surface area (Å²) in [4.78, 5) is 4.47. The number of hydrogen-bond acceptors (Lipinski definition) is 4. The third kappa shape index (κ3) is 3.53. The van der Waals surface area contributed by atoms with Gasteiger partial charge in [0.25, 0.3) is 0 Å². The maximum Gasteiger partial charge on any atom is 0.202 e. The van der Waals surface area contributed by atoms with Crippen molar-refractivity contribution in [1.82, 2.24) is 9.36 Å². The minimum atomic E-state index is 0.398. The number of nitrogens with one attached hydrogen (secondary N) is 1. The Morgan fingerprint density at radius 1 is 1.35 bits per heavy atom. The van der Waals surface area contributed by atoms with Gasteiger partial charge < -0.3 is 5.32 Å². The molecule has 17 heavy (non-hydrogen) atoms.